The molecule has 2 heterocycles. The molecule has 0 N–H and O–H groups in total. The van der Waals surface area contributed by atoms with Crippen LogP contribution < -0.4 is 4.74 Å². The summed E-state index contributed by atoms with van der Waals surface area (Å²) in [6.07, 6.45) is -1.88. The number of alkyl halides is 3. The van der Waals surface area contributed by atoms with Gasteiger partial charge in [-0.3, -0.25) is 0 Å². The lowest BCUT2D eigenvalue weighted by atomic mass is 9.87. The van der Waals surface area contributed by atoms with Crippen molar-refractivity contribution in [2.75, 3.05) is 6.61 Å². The van der Waals surface area contributed by atoms with Crippen molar-refractivity contribution in [3.8, 4) is 11.6 Å². The molecule has 4 nitrogen and oxygen atoms in total. The first-order valence-electron chi connectivity index (χ1n) is 6.89. The van der Waals surface area contributed by atoms with E-state index in [1.165, 1.54) is 18.5 Å². The summed E-state index contributed by atoms with van der Waals surface area (Å²) in [6, 6.07) is 3.03. The predicted molar refractivity (Wildman–Crippen MR) is 76.2 cm³/mol. The minimum atomic E-state index is -4.51. The molecule has 22 heavy (non-hydrogen) atoms. The van der Waals surface area contributed by atoms with Crippen molar-refractivity contribution in [2.45, 2.75) is 39.3 Å². The van der Waals surface area contributed by atoms with Crippen molar-refractivity contribution >= 4 is 0 Å². The minimum absolute atomic E-state index is 0.103. The van der Waals surface area contributed by atoms with Gasteiger partial charge in [0.2, 0.25) is 0 Å². The summed E-state index contributed by atoms with van der Waals surface area (Å²) in [5, 5.41) is 3.89. The van der Waals surface area contributed by atoms with Crippen LogP contribution in [-0.4, -0.2) is 21.4 Å². The summed E-state index contributed by atoms with van der Waals surface area (Å²) in [6.45, 7) is 7.43. The topological polar surface area (TPSA) is 39.9 Å². The normalized spacial score (nSPS) is 12.5. The molecule has 7 heteroatoms. The van der Waals surface area contributed by atoms with Crippen LogP contribution in [0, 0.1) is 0 Å². The Bertz CT molecular complexity index is 640. The van der Waals surface area contributed by atoms with E-state index in [9.17, 15) is 13.2 Å². The Morgan fingerprint density at radius 2 is 1.82 bits per heavy atom. The number of pyridine rings is 1. The molecule has 0 spiro atoms. The summed E-state index contributed by atoms with van der Waals surface area (Å²) >= 11 is 0. The summed E-state index contributed by atoms with van der Waals surface area (Å²) in [5.74, 6) is 0.606. The minimum Gasteiger partial charge on any atom is -0.492 e. The SMILES string of the molecule is CCOc1ccc(-n2ncc(C(C)(C)C)c2C(F)(F)F)nc1. The van der Waals surface area contributed by atoms with E-state index in [-0.39, 0.29) is 11.4 Å². The zero-order chi connectivity index (χ0) is 16.5. The molecule has 2 rings (SSSR count). The molecule has 0 unspecified atom stereocenters. The highest BCUT2D eigenvalue weighted by molar-refractivity contribution is 5.36. The molecule has 0 fully saturated rings. The number of halogens is 3. The molecule has 0 saturated heterocycles. The molecular weight excluding hydrogens is 295 g/mol. The number of hydrogen-bond acceptors (Lipinski definition) is 3. The molecule has 0 aliphatic rings. The quantitative estimate of drug-likeness (QED) is 0.860. The van der Waals surface area contributed by atoms with Crippen molar-refractivity contribution in [1.29, 1.82) is 0 Å². The van der Waals surface area contributed by atoms with Gasteiger partial charge in [0.15, 0.2) is 11.5 Å². The maximum atomic E-state index is 13.4. The lowest BCUT2D eigenvalue weighted by Crippen LogP contribution is -2.21. The van der Waals surface area contributed by atoms with Crippen LogP contribution in [0.2, 0.25) is 0 Å². The number of aromatic nitrogens is 3. The summed E-state index contributed by atoms with van der Waals surface area (Å²) < 4.78 is 46.4. The van der Waals surface area contributed by atoms with Crippen LogP contribution in [0.25, 0.3) is 5.82 Å². The molecule has 0 radical (unpaired) electrons. The number of hydrogen-bond donors (Lipinski definition) is 0. The molecule has 0 aliphatic carbocycles. The fourth-order valence-electron chi connectivity index (χ4n) is 2.09. The van der Waals surface area contributed by atoms with Gasteiger partial charge in [-0.25, -0.2) is 9.67 Å². The van der Waals surface area contributed by atoms with E-state index in [0.29, 0.717) is 12.4 Å². The van der Waals surface area contributed by atoms with Gasteiger partial charge >= 0.3 is 6.18 Å². The Morgan fingerprint density at radius 3 is 2.27 bits per heavy atom. The van der Waals surface area contributed by atoms with Crippen LogP contribution in [0.1, 0.15) is 39.0 Å². The van der Waals surface area contributed by atoms with Crippen LogP contribution in [0.4, 0.5) is 13.2 Å². The smallest absolute Gasteiger partial charge is 0.433 e. The van der Waals surface area contributed by atoms with Gasteiger partial charge in [-0.15, -0.1) is 0 Å². The van der Waals surface area contributed by atoms with Gasteiger partial charge in [-0.2, -0.15) is 18.3 Å². The second-order valence-corrected chi connectivity index (χ2v) is 5.85. The van der Waals surface area contributed by atoms with Gasteiger partial charge in [0.1, 0.15) is 5.75 Å². The van der Waals surface area contributed by atoms with Gasteiger partial charge < -0.3 is 4.74 Å². The highest BCUT2D eigenvalue weighted by Crippen LogP contribution is 2.38. The highest BCUT2D eigenvalue weighted by Gasteiger charge is 2.41. The van der Waals surface area contributed by atoms with Crippen LogP contribution in [0.5, 0.6) is 5.75 Å². The van der Waals surface area contributed by atoms with Crippen molar-refractivity contribution in [3.05, 3.63) is 35.8 Å². The van der Waals surface area contributed by atoms with E-state index in [2.05, 4.69) is 10.1 Å². The van der Waals surface area contributed by atoms with Gasteiger partial charge in [0, 0.05) is 5.56 Å². The monoisotopic (exact) mass is 313 g/mol. The van der Waals surface area contributed by atoms with Crippen molar-refractivity contribution in [1.82, 2.24) is 14.8 Å². The lowest BCUT2D eigenvalue weighted by molar-refractivity contribution is -0.144. The Hall–Kier alpha value is -2.05. The van der Waals surface area contributed by atoms with E-state index in [1.54, 1.807) is 26.8 Å². The largest absolute Gasteiger partial charge is 0.492 e. The maximum absolute atomic E-state index is 13.4. The molecule has 0 aliphatic heterocycles. The second kappa shape index (κ2) is 5.62. The standard InChI is InChI=1S/C15H18F3N3O/c1-5-22-10-6-7-12(19-8-10)21-13(15(16,17)18)11(9-20-21)14(2,3)4/h6-9H,5H2,1-4H3. The first kappa shape index (κ1) is 16.3. The molecule has 120 valence electrons. The van der Waals surface area contributed by atoms with Crippen LogP contribution in [0.15, 0.2) is 24.5 Å². The van der Waals surface area contributed by atoms with Crippen LogP contribution in [-0.2, 0) is 11.6 Å². The van der Waals surface area contributed by atoms with E-state index in [0.717, 1.165) is 4.68 Å². The Kier molecular flexibility index (Phi) is 4.17. The average Bonchev–Trinajstić information content (AvgIpc) is 2.84. The highest BCUT2D eigenvalue weighted by atomic mass is 19.4. The predicted octanol–water partition coefficient (Wildman–Crippen LogP) is 3.98. The molecule has 0 amide bonds. The average molecular weight is 313 g/mol. The molecule has 0 atom stereocenters. The molecule has 0 bridgehead atoms. The second-order valence-electron chi connectivity index (χ2n) is 5.85. The Balaban J connectivity index is 2.54. The van der Waals surface area contributed by atoms with Crippen molar-refractivity contribution in [3.63, 3.8) is 0 Å². The molecule has 2 aromatic rings. The van der Waals surface area contributed by atoms with Gasteiger partial charge in [-0.1, -0.05) is 20.8 Å². The van der Waals surface area contributed by atoms with Crippen LogP contribution in [0.3, 0.4) is 0 Å². The maximum Gasteiger partial charge on any atom is 0.433 e. The fourth-order valence-corrected chi connectivity index (χ4v) is 2.09. The number of rotatable bonds is 3. The third-order valence-corrected chi connectivity index (χ3v) is 3.09. The molecule has 0 aromatic carbocycles. The molecular formula is C15H18F3N3O. The van der Waals surface area contributed by atoms with Gasteiger partial charge in [-0.05, 0) is 24.5 Å². The summed E-state index contributed by atoms with van der Waals surface area (Å²) in [5.41, 5.74) is -1.33. The third-order valence-electron chi connectivity index (χ3n) is 3.09. The van der Waals surface area contributed by atoms with E-state index in [1.807, 2.05) is 6.92 Å². The van der Waals surface area contributed by atoms with E-state index < -0.39 is 17.3 Å². The fraction of sp³-hybridized carbons (Fsp3) is 0.467. The Morgan fingerprint density at radius 1 is 1.14 bits per heavy atom. The molecule has 0 saturated carbocycles. The Labute approximate surface area is 126 Å². The summed E-state index contributed by atoms with van der Waals surface area (Å²) in [7, 11) is 0. The number of ether oxygens (including phenoxy) is 1. The van der Waals surface area contributed by atoms with Gasteiger partial charge in [0.25, 0.3) is 0 Å². The van der Waals surface area contributed by atoms with E-state index >= 15 is 0 Å². The third kappa shape index (κ3) is 3.23. The zero-order valence-corrected chi connectivity index (χ0v) is 12.9. The number of nitrogens with zero attached hydrogens (tertiary/aromatic N) is 3. The zero-order valence-electron chi connectivity index (χ0n) is 12.9. The van der Waals surface area contributed by atoms with Gasteiger partial charge in [0.05, 0.1) is 19.0 Å². The van der Waals surface area contributed by atoms with E-state index in [4.69, 9.17) is 4.74 Å². The first-order chi connectivity index (χ1) is 10.1. The van der Waals surface area contributed by atoms with Crippen molar-refractivity contribution < 1.29 is 17.9 Å². The molecule has 2 aromatic heterocycles. The summed E-state index contributed by atoms with van der Waals surface area (Å²) in [4.78, 5) is 4.01. The first-order valence-corrected chi connectivity index (χ1v) is 6.89. The van der Waals surface area contributed by atoms with Crippen molar-refractivity contribution in [2.24, 2.45) is 0 Å². The lowest BCUT2D eigenvalue weighted by Gasteiger charge is -2.21. The van der Waals surface area contributed by atoms with Crippen LogP contribution >= 0.6 is 0 Å².